The van der Waals surface area contributed by atoms with Crippen LogP contribution in [0.15, 0.2) is 54.6 Å². The number of nitrogens with one attached hydrogen (secondary N) is 2. The number of ether oxygens (including phenoxy) is 1. The van der Waals surface area contributed by atoms with Crippen molar-refractivity contribution < 1.29 is 4.74 Å². The first kappa shape index (κ1) is 17.8. The molecule has 0 aliphatic heterocycles. The van der Waals surface area contributed by atoms with Crippen LogP contribution >= 0.6 is 0 Å². The molecule has 3 heteroatoms. The Balaban J connectivity index is 1.75. The number of anilines is 1. The fourth-order valence-corrected chi connectivity index (χ4v) is 3.75. The molecule has 0 heterocycles. The third-order valence-electron chi connectivity index (χ3n) is 5.32. The van der Waals surface area contributed by atoms with E-state index >= 15 is 0 Å². The second-order valence-corrected chi connectivity index (χ2v) is 7.07. The highest BCUT2D eigenvalue weighted by molar-refractivity contribution is 5.45. The van der Waals surface area contributed by atoms with Crippen LogP contribution in [0.25, 0.3) is 0 Å². The molecule has 2 N–H and O–H groups in total. The van der Waals surface area contributed by atoms with Crippen LogP contribution in [0.2, 0.25) is 0 Å². The number of benzene rings is 2. The highest BCUT2D eigenvalue weighted by atomic mass is 16.5. The van der Waals surface area contributed by atoms with Crippen LogP contribution in [0.1, 0.15) is 50.8 Å². The van der Waals surface area contributed by atoms with Gasteiger partial charge >= 0.3 is 0 Å². The van der Waals surface area contributed by atoms with Crippen molar-refractivity contribution in [1.29, 1.82) is 0 Å². The lowest BCUT2D eigenvalue weighted by atomic mass is 9.84. The van der Waals surface area contributed by atoms with Gasteiger partial charge in [-0.25, -0.2) is 0 Å². The predicted molar refractivity (Wildman–Crippen MR) is 105 cm³/mol. The predicted octanol–water partition coefficient (Wildman–Crippen LogP) is 5.36. The molecule has 0 radical (unpaired) electrons. The van der Waals surface area contributed by atoms with E-state index in [4.69, 9.17) is 4.74 Å². The van der Waals surface area contributed by atoms with E-state index in [9.17, 15) is 0 Å². The monoisotopic (exact) mass is 338 g/mol. The molecule has 25 heavy (non-hydrogen) atoms. The Hall–Kier alpha value is -2.00. The lowest BCUT2D eigenvalue weighted by molar-refractivity contribution is 0.270. The number of hydrogen-bond donors (Lipinski definition) is 2. The molecule has 0 aromatic heterocycles. The molecule has 1 aliphatic carbocycles. The topological polar surface area (TPSA) is 33.3 Å². The fourth-order valence-electron chi connectivity index (χ4n) is 3.75. The second-order valence-electron chi connectivity index (χ2n) is 7.07. The third kappa shape index (κ3) is 4.99. The lowest BCUT2D eigenvalue weighted by Gasteiger charge is -2.32. The van der Waals surface area contributed by atoms with Crippen molar-refractivity contribution in [3.63, 3.8) is 0 Å². The molecule has 3 nitrogen and oxygen atoms in total. The highest BCUT2D eigenvalue weighted by Gasteiger charge is 2.23. The molecule has 1 unspecified atom stereocenters. The Labute approximate surface area is 151 Å². The molecule has 1 fully saturated rings. The summed E-state index contributed by atoms with van der Waals surface area (Å²) in [4.78, 5) is 0. The zero-order chi connectivity index (χ0) is 17.5. The van der Waals surface area contributed by atoms with Gasteiger partial charge in [0, 0.05) is 11.7 Å². The van der Waals surface area contributed by atoms with Gasteiger partial charge in [0.05, 0.1) is 7.11 Å². The standard InChI is InChI=1S/C22H30N2O/c1-17(18-9-5-3-6-10-18)23-22(24-20-11-7-4-8-12-20)19-13-15-21(25-2)16-14-19/h4,7-8,11-18,22-24H,3,5-6,9-10H2,1-2H3/t17-,22?/m0/s1. The minimum absolute atomic E-state index is 0.0882. The maximum absolute atomic E-state index is 5.30. The Morgan fingerprint density at radius 3 is 2.24 bits per heavy atom. The van der Waals surface area contributed by atoms with Crippen molar-refractivity contribution in [2.24, 2.45) is 5.92 Å². The van der Waals surface area contributed by atoms with Crippen LogP contribution < -0.4 is 15.4 Å². The summed E-state index contributed by atoms with van der Waals surface area (Å²) in [5.74, 6) is 1.66. The molecule has 0 amide bonds. The SMILES string of the molecule is COc1ccc(C(Nc2ccccc2)N[C@@H](C)C2CCCCC2)cc1. The summed E-state index contributed by atoms with van der Waals surface area (Å²) in [7, 11) is 1.71. The molecule has 2 aromatic carbocycles. The molecule has 0 saturated heterocycles. The van der Waals surface area contributed by atoms with E-state index in [1.54, 1.807) is 7.11 Å². The molecule has 2 aromatic rings. The summed E-state index contributed by atoms with van der Waals surface area (Å²) in [5.41, 5.74) is 2.36. The Morgan fingerprint density at radius 2 is 1.60 bits per heavy atom. The molecule has 3 rings (SSSR count). The van der Waals surface area contributed by atoms with E-state index in [1.165, 1.54) is 37.7 Å². The van der Waals surface area contributed by atoms with Crippen LogP contribution in [0.3, 0.4) is 0 Å². The summed E-state index contributed by atoms with van der Waals surface area (Å²) in [5, 5.41) is 7.49. The van der Waals surface area contributed by atoms with Gasteiger partial charge in [0.2, 0.25) is 0 Å². The lowest BCUT2D eigenvalue weighted by Crippen LogP contribution is -2.40. The summed E-state index contributed by atoms with van der Waals surface area (Å²) in [6.07, 6.45) is 6.91. The Kier molecular flexibility index (Phi) is 6.35. The van der Waals surface area contributed by atoms with E-state index < -0.39 is 0 Å². The average Bonchev–Trinajstić information content (AvgIpc) is 2.69. The first-order valence-electron chi connectivity index (χ1n) is 9.48. The zero-order valence-corrected chi connectivity index (χ0v) is 15.4. The summed E-state index contributed by atoms with van der Waals surface area (Å²) in [6.45, 7) is 2.33. The molecule has 1 saturated carbocycles. The van der Waals surface area contributed by atoms with Crippen LogP contribution in [0.4, 0.5) is 5.69 Å². The fraction of sp³-hybridized carbons (Fsp3) is 0.455. The average molecular weight is 338 g/mol. The molecule has 2 atom stereocenters. The molecule has 1 aliphatic rings. The van der Waals surface area contributed by atoms with Crippen molar-refractivity contribution in [1.82, 2.24) is 5.32 Å². The van der Waals surface area contributed by atoms with Gasteiger partial charge in [-0.1, -0.05) is 49.6 Å². The molecular formula is C22H30N2O. The largest absolute Gasteiger partial charge is 0.497 e. The molecule has 0 spiro atoms. The zero-order valence-electron chi connectivity index (χ0n) is 15.4. The number of para-hydroxylation sites is 1. The first-order valence-corrected chi connectivity index (χ1v) is 9.48. The molecule has 0 bridgehead atoms. The smallest absolute Gasteiger partial charge is 0.118 e. The Morgan fingerprint density at radius 1 is 0.920 bits per heavy atom. The van der Waals surface area contributed by atoms with Gasteiger partial charge in [0.15, 0.2) is 0 Å². The van der Waals surface area contributed by atoms with Crippen LogP contribution in [-0.2, 0) is 0 Å². The van der Waals surface area contributed by atoms with E-state index in [2.05, 4.69) is 54.0 Å². The van der Waals surface area contributed by atoms with E-state index in [1.807, 2.05) is 18.2 Å². The van der Waals surface area contributed by atoms with E-state index in [0.29, 0.717) is 6.04 Å². The van der Waals surface area contributed by atoms with Gasteiger partial charge in [0.1, 0.15) is 11.9 Å². The highest BCUT2D eigenvalue weighted by Crippen LogP contribution is 2.28. The normalized spacial score (nSPS) is 17.7. The van der Waals surface area contributed by atoms with Crippen LogP contribution in [0, 0.1) is 5.92 Å². The van der Waals surface area contributed by atoms with Crippen molar-refractivity contribution in [2.75, 3.05) is 12.4 Å². The number of rotatable bonds is 7. The maximum Gasteiger partial charge on any atom is 0.118 e. The Bertz CT molecular complexity index is 620. The van der Waals surface area contributed by atoms with E-state index in [-0.39, 0.29) is 6.17 Å². The van der Waals surface area contributed by atoms with Crippen LogP contribution in [-0.4, -0.2) is 13.2 Å². The van der Waals surface area contributed by atoms with Crippen molar-refractivity contribution in [2.45, 2.75) is 51.2 Å². The van der Waals surface area contributed by atoms with Gasteiger partial charge in [-0.3, -0.25) is 5.32 Å². The van der Waals surface area contributed by atoms with Crippen molar-refractivity contribution in [3.05, 3.63) is 60.2 Å². The minimum atomic E-state index is 0.0882. The minimum Gasteiger partial charge on any atom is -0.497 e. The maximum atomic E-state index is 5.30. The van der Waals surface area contributed by atoms with Crippen LogP contribution in [0.5, 0.6) is 5.75 Å². The van der Waals surface area contributed by atoms with Gasteiger partial charge in [-0.05, 0) is 55.5 Å². The summed E-state index contributed by atoms with van der Waals surface area (Å²) >= 11 is 0. The van der Waals surface area contributed by atoms with Gasteiger partial charge in [-0.15, -0.1) is 0 Å². The second kappa shape index (κ2) is 8.91. The molecule has 134 valence electrons. The summed E-state index contributed by atoms with van der Waals surface area (Å²) in [6, 6.07) is 19.2. The number of hydrogen-bond acceptors (Lipinski definition) is 3. The van der Waals surface area contributed by atoms with Crippen molar-refractivity contribution >= 4 is 5.69 Å². The van der Waals surface area contributed by atoms with Crippen molar-refractivity contribution in [3.8, 4) is 5.75 Å². The van der Waals surface area contributed by atoms with Gasteiger partial charge in [0.25, 0.3) is 0 Å². The molecular weight excluding hydrogens is 308 g/mol. The number of methoxy groups -OCH3 is 1. The van der Waals surface area contributed by atoms with Gasteiger partial charge in [-0.2, -0.15) is 0 Å². The quantitative estimate of drug-likeness (QED) is 0.666. The first-order chi connectivity index (χ1) is 12.3. The van der Waals surface area contributed by atoms with Gasteiger partial charge < -0.3 is 10.1 Å². The summed E-state index contributed by atoms with van der Waals surface area (Å²) < 4.78 is 5.30. The third-order valence-corrected chi connectivity index (χ3v) is 5.32. The van der Waals surface area contributed by atoms with E-state index in [0.717, 1.165) is 17.4 Å².